The summed E-state index contributed by atoms with van der Waals surface area (Å²) in [4.78, 5) is 24.5. The molecule has 0 saturated carbocycles. The highest BCUT2D eigenvalue weighted by Gasteiger charge is 2.25. The maximum atomic E-state index is 12.5. The Kier molecular flexibility index (Phi) is 5.40. The van der Waals surface area contributed by atoms with Gasteiger partial charge in [-0.15, -0.1) is 0 Å². The SMILES string of the molecule is CC(C)(C)C(=O)Oc1ccc(C2=Cc3ccc(C(=O)C(C)(C)C)cc3OC2)cc1. The predicted octanol–water partition coefficient (Wildman–Crippen LogP) is 5.80. The molecule has 0 aliphatic carbocycles. The van der Waals surface area contributed by atoms with E-state index in [0.29, 0.717) is 17.9 Å². The van der Waals surface area contributed by atoms with Crippen molar-refractivity contribution in [1.29, 1.82) is 0 Å². The standard InChI is InChI=1S/C25H28O4/c1-24(2,3)22(26)18-8-7-17-13-19(15-28-21(17)14-18)16-9-11-20(12-10-16)29-23(27)25(4,5)6/h7-14H,15H2,1-6H3. The topological polar surface area (TPSA) is 52.6 Å². The Labute approximate surface area is 172 Å². The summed E-state index contributed by atoms with van der Waals surface area (Å²) in [5.74, 6) is 1.08. The number of Topliss-reactive ketones (excluding diaryl/α,β-unsaturated/α-hetero) is 1. The predicted molar refractivity (Wildman–Crippen MR) is 115 cm³/mol. The first-order valence-electron chi connectivity index (χ1n) is 9.80. The van der Waals surface area contributed by atoms with Crippen molar-refractivity contribution < 1.29 is 19.1 Å². The number of ketones is 1. The third-order valence-corrected chi connectivity index (χ3v) is 4.72. The average molecular weight is 392 g/mol. The van der Waals surface area contributed by atoms with E-state index in [-0.39, 0.29) is 11.8 Å². The van der Waals surface area contributed by atoms with Crippen LogP contribution >= 0.6 is 0 Å². The van der Waals surface area contributed by atoms with Crippen LogP contribution in [0, 0.1) is 10.8 Å². The molecule has 0 spiro atoms. The number of fused-ring (bicyclic) bond motifs is 1. The van der Waals surface area contributed by atoms with Crippen molar-refractivity contribution in [3.8, 4) is 11.5 Å². The van der Waals surface area contributed by atoms with Gasteiger partial charge in [-0.1, -0.05) is 45.0 Å². The van der Waals surface area contributed by atoms with E-state index in [2.05, 4.69) is 6.08 Å². The Morgan fingerprint density at radius 2 is 1.55 bits per heavy atom. The Morgan fingerprint density at radius 3 is 2.14 bits per heavy atom. The van der Waals surface area contributed by atoms with Gasteiger partial charge in [-0.25, -0.2) is 0 Å². The monoisotopic (exact) mass is 392 g/mol. The second-order valence-electron chi connectivity index (χ2n) is 9.45. The molecular formula is C25H28O4. The summed E-state index contributed by atoms with van der Waals surface area (Å²) in [6.07, 6.45) is 2.07. The molecule has 0 unspecified atom stereocenters. The number of benzene rings is 2. The number of carbonyl (C=O) groups excluding carboxylic acids is 2. The van der Waals surface area contributed by atoms with Gasteiger partial charge < -0.3 is 9.47 Å². The highest BCUT2D eigenvalue weighted by Crippen LogP contribution is 2.33. The quantitative estimate of drug-likeness (QED) is 0.376. The van der Waals surface area contributed by atoms with E-state index >= 15 is 0 Å². The van der Waals surface area contributed by atoms with Gasteiger partial charge in [-0.05, 0) is 56.2 Å². The zero-order valence-corrected chi connectivity index (χ0v) is 18.0. The minimum absolute atomic E-state index is 0.0964. The van der Waals surface area contributed by atoms with Crippen LogP contribution in [0.25, 0.3) is 11.6 Å². The molecule has 2 aromatic rings. The molecule has 0 aromatic heterocycles. The molecule has 152 valence electrons. The molecule has 0 bridgehead atoms. The lowest BCUT2D eigenvalue weighted by Crippen LogP contribution is -2.25. The molecule has 29 heavy (non-hydrogen) atoms. The van der Waals surface area contributed by atoms with Gasteiger partial charge in [0.05, 0.1) is 5.41 Å². The molecule has 1 aliphatic rings. The summed E-state index contributed by atoms with van der Waals surface area (Å²) < 4.78 is 11.3. The van der Waals surface area contributed by atoms with Gasteiger partial charge in [0.2, 0.25) is 0 Å². The second-order valence-corrected chi connectivity index (χ2v) is 9.45. The Morgan fingerprint density at radius 1 is 0.897 bits per heavy atom. The molecule has 0 atom stereocenters. The van der Waals surface area contributed by atoms with Crippen LogP contribution in [0.3, 0.4) is 0 Å². The average Bonchev–Trinajstić information content (AvgIpc) is 2.65. The first-order chi connectivity index (χ1) is 13.4. The molecule has 4 nitrogen and oxygen atoms in total. The fraction of sp³-hybridized carbons (Fsp3) is 0.360. The summed E-state index contributed by atoms with van der Waals surface area (Å²) >= 11 is 0. The minimum Gasteiger partial charge on any atom is -0.488 e. The van der Waals surface area contributed by atoms with Crippen molar-refractivity contribution in [2.75, 3.05) is 6.61 Å². The molecule has 0 N–H and O–H groups in total. The van der Waals surface area contributed by atoms with Crippen molar-refractivity contribution in [3.05, 3.63) is 59.2 Å². The van der Waals surface area contributed by atoms with E-state index in [1.165, 1.54) is 0 Å². The van der Waals surface area contributed by atoms with E-state index in [0.717, 1.165) is 22.4 Å². The van der Waals surface area contributed by atoms with Crippen LogP contribution in [0.2, 0.25) is 0 Å². The fourth-order valence-electron chi connectivity index (χ4n) is 2.90. The smallest absolute Gasteiger partial charge is 0.316 e. The van der Waals surface area contributed by atoms with E-state index in [9.17, 15) is 9.59 Å². The van der Waals surface area contributed by atoms with Crippen molar-refractivity contribution in [2.45, 2.75) is 41.5 Å². The van der Waals surface area contributed by atoms with E-state index in [1.54, 1.807) is 12.1 Å². The van der Waals surface area contributed by atoms with E-state index in [1.807, 2.05) is 71.9 Å². The van der Waals surface area contributed by atoms with Crippen LogP contribution in [-0.4, -0.2) is 18.4 Å². The first kappa shape index (κ1) is 20.8. The summed E-state index contributed by atoms with van der Waals surface area (Å²) in [5, 5.41) is 0. The van der Waals surface area contributed by atoms with Crippen molar-refractivity contribution in [2.24, 2.45) is 10.8 Å². The molecule has 3 rings (SSSR count). The van der Waals surface area contributed by atoms with Crippen molar-refractivity contribution in [3.63, 3.8) is 0 Å². The highest BCUT2D eigenvalue weighted by molar-refractivity contribution is 6.00. The molecule has 2 aromatic carbocycles. The third kappa shape index (κ3) is 4.76. The van der Waals surface area contributed by atoms with Gasteiger partial charge in [0.1, 0.15) is 18.1 Å². The van der Waals surface area contributed by atoms with Crippen LogP contribution in [0.15, 0.2) is 42.5 Å². The Balaban J connectivity index is 1.79. The maximum Gasteiger partial charge on any atom is 0.316 e. The number of carbonyl (C=O) groups is 2. The number of hydrogen-bond acceptors (Lipinski definition) is 4. The summed E-state index contributed by atoms with van der Waals surface area (Å²) in [6.45, 7) is 11.6. The zero-order valence-electron chi connectivity index (χ0n) is 18.0. The van der Waals surface area contributed by atoms with Gasteiger partial charge in [-0.2, -0.15) is 0 Å². The van der Waals surface area contributed by atoms with Crippen molar-refractivity contribution in [1.82, 2.24) is 0 Å². The van der Waals surface area contributed by atoms with Crippen molar-refractivity contribution >= 4 is 23.4 Å². The zero-order chi connectivity index (χ0) is 21.4. The number of rotatable bonds is 3. The Hall–Kier alpha value is -2.88. The molecule has 0 fully saturated rings. The molecule has 0 saturated heterocycles. The number of ether oxygens (including phenoxy) is 2. The number of esters is 1. The van der Waals surface area contributed by atoms with Gasteiger partial charge in [0.15, 0.2) is 5.78 Å². The van der Waals surface area contributed by atoms with E-state index in [4.69, 9.17) is 9.47 Å². The van der Waals surface area contributed by atoms with Crippen LogP contribution in [0.5, 0.6) is 11.5 Å². The van der Waals surface area contributed by atoms with Crippen LogP contribution in [0.4, 0.5) is 0 Å². The lowest BCUT2D eigenvalue weighted by atomic mass is 9.86. The maximum absolute atomic E-state index is 12.5. The summed E-state index contributed by atoms with van der Waals surface area (Å²) in [7, 11) is 0. The van der Waals surface area contributed by atoms with Gasteiger partial charge >= 0.3 is 5.97 Å². The third-order valence-electron chi connectivity index (χ3n) is 4.72. The fourth-order valence-corrected chi connectivity index (χ4v) is 2.90. The lowest BCUT2D eigenvalue weighted by molar-refractivity contribution is -0.143. The van der Waals surface area contributed by atoms with Gasteiger partial charge in [0, 0.05) is 16.5 Å². The molecular weight excluding hydrogens is 364 g/mol. The van der Waals surface area contributed by atoms with Crippen LogP contribution in [0.1, 0.15) is 63.0 Å². The second kappa shape index (κ2) is 7.51. The van der Waals surface area contributed by atoms with E-state index < -0.39 is 10.8 Å². The largest absolute Gasteiger partial charge is 0.488 e. The minimum atomic E-state index is -0.546. The highest BCUT2D eigenvalue weighted by atomic mass is 16.5. The normalized spacial score (nSPS) is 13.8. The van der Waals surface area contributed by atoms with Crippen LogP contribution < -0.4 is 9.47 Å². The molecule has 0 amide bonds. The lowest BCUT2D eigenvalue weighted by Gasteiger charge is -2.21. The molecule has 0 radical (unpaired) electrons. The summed E-state index contributed by atoms with van der Waals surface area (Å²) in [6, 6.07) is 13.0. The van der Waals surface area contributed by atoms with Gasteiger partial charge in [0.25, 0.3) is 0 Å². The number of hydrogen-bond donors (Lipinski definition) is 0. The van der Waals surface area contributed by atoms with Crippen LogP contribution in [-0.2, 0) is 4.79 Å². The first-order valence-corrected chi connectivity index (χ1v) is 9.80. The molecule has 1 heterocycles. The molecule has 1 aliphatic heterocycles. The molecule has 4 heteroatoms. The Bertz CT molecular complexity index is 967. The van der Waals surface area contributed by atoms with Gasteiger partial charge in [-0.3, -0.25) is 9.59 Å². The summed E-state index contributed by atoms with van der Waals surface area (Å²) in [5.41, 5.74) is 2.66.